The minimum Gasteiger partial charge on any atom is -0.322 e. The van der Waals surface area contributed by atoms with E-state index in [0.29, 0.717) is 29.0 Å². The molecule has 0 saturated heterocycles. The van der Waals surface area contributed by atoms with Crippen LogP contribution in [0.2, 0.25) is 0 Å². The zero-order chi connectivity index (χ0) is 30.7. The van der Waals surface area contributed by atoms with Gasteiger partial charge < -0.3 is 5.32 Å². The Kier molecular flexibility index (Phi) is 8.57. The van der Waals surface area contributed by atoms with Crippen LogP contribution in [-0.4, -0.2) is 15.3 Å². The zero-order valence-electron chi connectivity index (χ0n) is 23.1. The van der Waals surface area contributed by atoms with Crippen molar-refractivity contribution in [1.82, 2.24) is 9.38 Å². The molecule has 1 amide bonds. The van der Waals surface area contributed by atoms with Crippen LogP contribution in [0.15, 0.2) is 79.0 Å². The molecule has 0 saturated carbocycles. The second-order valence-corrected chi connectivity index (χ2v) is 10.2. The van der Waals surface area contributed by atoms with Gasteiger partial charge in [0.1, 0.15) is 11.5 Å². The first-order chi connectivity index (χ1) is 20.6. The maximum atomic E-state index is 15.1. The van der Waals surface area contributed by atoms with Gasteiger partial charge in [-0.3, -0.25) is 9.20 Å². The first-order valence-corrected chi connectivity index (χ1v) is 13.8. The summed E-state index contributed by atoms with van der Waals surface area (Å²) in [6.45, 7) is 2.07. The van der Waals surface area contributed by atoms with Crippen molar-refractivity contribution in [2.75, 3.05) is 5.32 Å². The molecule has 2 aromatic heterocycles. The highest BCUT2D eigenvalue weighted by Gasteiger charge is 2.35. The molecule has 0 bridgehead atoms. The maximum absolute atomic E-state index is 15.1. The lowest BCUT2D eigenvalue weighted by molar-refractivity contribution is -0.137. The number of aromatic nitrogens is 2. The van der Waals surface area contributed by atoms with E-state index < -0.39 is 40.7 Å². The Balaban J connectivity index is 1.65. The molecule has 1 N–H and O–H groups in total. The number of nitrogens with zero attached hydrogens (tertiary/aromatic N) is 2. The summed E-state index contributed by atoms with van der Waals surface area (Å²) in [5.41, 5.74) is 0.194. The molecule has 0 fully saturated rings. The maximum Gasteiger partial charge on any atom is 0.417 e. The van der Waals surface area contributed by atoms with Crippen molar-refractivity contribution in [3.63, 3.8) is 0 Å². The topological polar surface area (TPSA) is 46.4 Å². The number of anilines is 1. The van der Waals surface area contributed by atoms with E-state index in [1.54, 1.807) is 22.7 Å². The van der Waals surface area contributed by atoms with Crippen LogP contribution in [0.5, 0.6) is 0 Å². The van der Waals surface area contributed by atoms with Crippen molar-refractivity contribution in [2.45, 2.75) is 45.2 Å². The second kappa shape index (κ2) is 12.3. The number of hydrogen-bond donors (Lipinski definition) is 1. The number of benzene rings is 3. The van der Waals surface area contributed by atoms with Crippen LogP contribution in [0.4, 0.5) is 32.0 Å². The van der Waals surface area contributed by atoms with Crippen LogP contribution >= 0.6 is 0 Å². The number of rotatable bonds is 9. The van der Waals surface area contributed by atoms with Gasteiger partial charge in [0.15, 0.2) is 11.6 Å². The van der Waals surface area contributed by atoms with Crippen LogP contribution in [0, 0.1) is 17.5 Å². The summed E-state index contributed by atoms with van der Waals surface area (Å²) in [7, 11) is 0. The van der Waals surface area contributed by atoms with Crippen molar-refractivity contribution in [2.24, 2.45) is 0 Å². The number of carbonyl (C=O) groups excluding carboxylic acids is 1. The zero-order valence-corrected chi connectivity index (χ0v) is 23.1. The number of unbranched alkanes of at least 4 members (excludes halogenated alkanes) is 3. The third kappa shape index (κ3) is 6.28. The lowest BCUT2D eigenvalue weighted by atomic mass is 9.98. The number of hydrogen-bond acceptors (Lipinski definition) is 2. The van der Waals surface area contributed by atoms with Crippen LogP contribution in [0.1, 0.15) is 54.2 Å². The number of fused-ring (bicyclic) bond motifs is 1. The summed E-state index contributed by atoms with van der Waals surface area (Å²) >= 11 is 0. The van der Waals surface area contributed by atoms with Gasteiger partial charge in [-0.05, 0) is 79.1 Å². The molecule has 0 atom stereocenters. The number of pyridine rings is 1. The molecule has 0 aliphatic rings. The summed E-state index contributed by atoms with van der Waals surface area (Å²) in [5, 5.41) is 2.39. The first kappa shape index (κ1) is 29.9. The molecule has 0 radical (unpaired) electrons. The molecular formula is C33H27F6N3O. The summed E-state index contributed by atoms with van der Waals surface area (Å²) < 4.78 is 86.1. The fraction of sp³-hybridized carbons (Fsp3) is 0.212. The number of nitrogens with one attached hydrogen (secondary N) is 1. The van der Waals surface area contributed by atoms with Crippen molar-refractivity contribution in [1.29, 1.82) is 0 Å². The smallest absolute Gasteiger partial charge is 0.322 e. The van der Waals surface area contributed by atoms with Crippen molar-refractivity contribution >= 4 is 17.2 Å². The van der Waals surface area contributed by atoms with Crippen LogP contribution in [0.25, 0.3) is 28.0 Å². The largest absolute Gasteiger partial charge is 0.417 e. The Hall–Kier alpha value is -4.60. The Morgan fingerprint density at radius 2 is 1.63 bits per heavy atom. The molecule has 10 heteroatoms. The van der Waals surface area contributed by atoms with E-state index in [4.69, 9.17) is 4.98 Å². The highest BCUT2D eigenvalue weighted by atomic mass is 19.4. The number of aryl methyl sites for hydroxylation is 1. The van der Waals surface area contributed by atoms with Crippen molar-refractivity contribution in [3.8, 4) is 22.4 Å². The van der Waals surface area contributed by atoms with Crippen LogP contribution in [-0.2, 0) is 12.6 Å². The number of imidazole rings is 1. The van der Waals surface area contributed by atoms with Gasteiger partial charge in [-0.1, -0.05) is 38.3 Å². The fourth-order valence-electron chi connectivity index (χ4n) is 5.08. The number of carbonyl (C=O) groups is 1. The van der Waals surface area contributed by atoms with Crippen molar-refractivity contribution < 1.29 is 31.1 Å². The Labute approximate surface area is 244 Å². The van der Waals surface area contributed by atoms with E-state index in [-0.39, 0.29) is 16.8 Å². The van der Waals surface area contributed by atoms with E-state index in [9.17, 15) is 26.7 Å². The molecule has 43 heavy (non-hydrogen) atoms. The van der Waals surface area contributed by atoms with E-state index in [1.807, 2.05) is 0 Å². The van der Waals surface area contributed by atoms with Gasteiger partial charge in [0.05, 0.1) is 22.5 Å². The molecule has 0 spiro atoms. The Morgan fingerprint density at radius 3 is 2.35 bits per heavy atom. The summed E-state index contributed by atoms with van der Waals surface area (Å²) in [6, 6.07) is 15.0. The highest BCUT2D eigenvalue weighted by Crippen LogP contribution is 2.37. The van der Waals surface area contributed by atoms with E-state index in [1.165, 1.54) is 30.3 Å². The molecule has 0 aliphatic heterocycles. The fourth-order valence-corrected chi connectivity index (χ4v) is 5.08. The van der Waals surface area contributed by atoms with Crippen molar-refractivity contribution in [3.05, 3.63) is 113 Å². The lowest BCUT2D eigenvalue weighted by Gasteiger charge is -2.15. The highest BCUT2D eigenvalue weighted by molar-refractivity contribution is 6.06. The first-order valence-electron chi connectivity index (χ1n) is 13.8. The summed E-state index contributed by atoms with van der Waals surface area (Å²) in [4.78, 5) is 17.9. The van der Waals surface area contributed by atoms with E-state index in [2.05, 4.69) is 12.2 Å². The molecule has 0 unspecified atom stereocenters. The third-order valence-electron chi connectivity index (χ3n) is 7.18. The van der Waals surface area contributed by atoms with Gasteiger partial charge in [-0.25, -0.2) is 18.2 Å². The van der Waals surface area contributed by atoms with E-state index >= 15 is 4.39 Å². The lowest BCUT2D eigenvalue weighted by Crippen LogP contribution is -2.19. The summed E-state index contributed by atoms with van der Waals surface area (Å²) in [6.07, 6.45) is 0.945. The molecule has 5 aromatic rings. The molecular weight excluding hydrogens is 568 g/mol. The SMILES string of the molecule is CCCCCCc1nc2c(-c3ccc(C(F)(F)F)c(C(=O)Nc4ccc(F)cc4)c3)cccn2c1-c1cccc(F)c1F. The monoisotopic (exact) mass is 595 g/mol. The minimum absolute atomic E-state index is 0.0157. The molecule has 3 aromatic carbocycles. The number of alkyl halides is 3. The third-order valence-corrected chi connectivity index (χ3v) is 7.18. The van der Waals surface area contributed by atoms with Gasteiger partial charge in [-0.2, -0.15) is 13.2 Å². The van der Waals surface area contributed by atoms with Gasteiger partial charge in [-0.15, -0.1) is 0 Å². The Morgan fingerprint density at radius 1 is 0.884 bits per heavy atom. The quantitative estimate of drug-likeness (QED) is 0.136. The normalized spacial score (nSPS) is 11.7. The predicted molar refractivity (Wildman–Crippen MR) is 153 cm³/mol. The summed E-state index contributed by atoms with van der Waals surface area (Å²) in [5.74, 6) is -3.64. The van der Waals surface area contributed by atoms with E-state index in [0.717, 1.165) is 56.0 Å². The predicted octanol–water partition coefficient (Wildman–Crippen LogP) is 9.48. The molecule has 0 aliphatic carbocycles. The molecule has 2 heterocycles. The van der Waals surface area contributed by atoms with Gasteiger partial charge in [0.2, 0.25) is 0 Å². The second-order valence-electron chi connectivity index (χ2n) is 10.2. The number of halogens is 6. The van der Waals surface area contributed by atoms with Crippen LogP contribution in [0.3, 0.4) is 0 Å². The van der Waals surface area contributed by atoms with Gasteiger partial charge in [0, 0.05) is 23.0 Å². The average Bonchev–Trinajstić information content (AvgIpc) is 3.35. The minimum atomic E-state index is -4.83. The standard InChI is InChI=1S/C33H27F6N3O/c1-2-3-4-5-11-28-30(24-8-6-10-27(35)29(24)36)42-18-7-9-23(31(42)41-28)20-12-17-26(33(37,38)39)25(19-20)32(43)40-22-15-13-21(34)14-16-22/h6-10,12-19H,2-5,11H2,1H3,(H,40,43). The Bertz CT molecular complexity index is 1780. The molecule has 222 valence electrons. The van der Waals surface area contributed by atoms with Crippen LogP contribution < -0.4 is 5.32 Å². The molecule has 4 nitrogen and oxygen atoms in total. The molecule has 5 rings (SSSR count). The van der Waals surface area contributed by atoms with Gasteiger partial charge >= 0.3 is 6.18 Å². The number of amides is 1. The average molecular weight is 596 g/mol. The van der Waals surface area contributed by atoms with Gasteiger partial charge in [0.25, 0.3) is 5.91 Å².